The lowest BCUT2D eigenvalue weighted by atomic mass is 10.1. The molecule has 2 heterocycles. The highest BCUT2D eigenvalue weighted by molar-refractivity contribution is 5.74. The third kappa shape index (κ3) is 2.32. The number of nitrogen functional groups attached to an aromatic ring is 1. The highest BCUT2D eigenvalue weighted by Crippen LogP contribution is 2.33. The van der Waals surface area contributed by atoms with E-state index in [1.807, 2.05) is 6.07 Å². The molecule has 1 aromatic rings. The third-order valence-electron chi connectivity index (χ3n) is 4.22. The van der Waals surface area contributed by atoms with Crippen LogP contribution in [0.25, 0.3) is 0 Å². The van der Waals surface area contributed by atoms with Crippen LogP contribution in [0.3, 0.4) is 0 Å². The number of fused-ring (bicyclic) bond motifs is 1. The maximum absolute atomic E-state index is 6.10. The molecular formula is C15H23N3. The molecule has 0 saturated carbocycles. The fourth-order valence-corrected chi connectivity index (χ4v) is 3.28. The molecule has 2 aliphatic heterocycles. The summed E-state index contributed by atoms with van der Waals surface area (Å²) in [6.45, 7) is 6.15. The third-order valence-corrected chi connectivity index (χ3v) is 4.22. The Hall–Kier alpha value is -1.22. The van der Waals surface area contributed by atoms with Crippen LogP contribution in [-0.2, 0) is 6.42 Å². The summed E-state index contributed by atoms with van der Waals surface area (Å²) in [7, 11) is 0. The van der Waals surface area contributed by atoms with Gasteiger partial charge in [-0.15, -0.1) is 0 Å². The molecular weight excluding hydrogens is 222 g/mol. The van der Waals surface area contributed by atoms with Crippen LogP contribution >= 0.6 is 0 Å². The van der Waals surface area contributed by atoms with E-state index in [4.69, 9.17) is 5.73 Å². The Balaban J connectivity index is 1.56. The van der Waals surface area contributed by atoms with Crippen LogP contribution in [0.15, 0.2) is 18.2 Å². The van der Waals surface area contributed by atoms with Crippen molar-refractivity contribution in [1.29, 1.82) is 0 Å². The molecule has 98 valence electrons. The van der Waals surface area contributed by atoms with E-state index in [1.54, 1.807) is 0 Å². The van der Waals surface area contributed by atoms with Gasteiger partial charge in [-0.3, -0.25) is 0 Å². The highest BCUT2D eigenvalue weighted by Gasteiger charge is 2.21. The summed E-state index contributed by atoms with van der Waals surface area (Å²) in [6.07, 6.45) is 5.19. The molecule has 3 nitrogen and oxygen atoms in total. The zero-order valence-corrected chi connectivity index (χ0v) is 11.1. The zero-order chi connectivity index (χ0) is 12.4. The monoisotopic (exact) mass is 245 g/mol. The van der Waals surface area contributed by atoms with Gasteiger partial charge >= 0.3 is 0 Å². The zero-order valence-electron chi connectivity index (χ0n) is 11.1. The van der Waals surface area contributed by atoms with Crippen LogP contribution in [0.1, 0.15) is 24.8 Å². The Morgan fingerprint density at radius 1 is 1.06 bits per heavy atom. The van der Waals surface area contributed by atoms with E-state index < -0.39 is 0 Å². The summed E-state index contributed by atoms with van der Waals surface area (Å²) < 4.78 is 0. The maximum atomic E-state index is 6.10. The van der Waals surface area contributed by atoms with Crippen molar-refractivity contribution in [3.05, 3.63) is 23.8 Å². The Morgan fingerprint density at radius 2 is 1.89 bits per heavy atom. The van der Waals surface area contributed by atoms with E-state index in [2.05, 4.69) is 21.9 Å². The van der Waals surface area contributed by atoms with Crippen LogP contribution in [0.2, 0.25) is 0 Å². The van der Waals surface area contributed by atoms with Crippen molar-refractivity contribution in [3.8, 4) is 0 Å². The number of benzene rings is 1. The van der Waals surface area contributed by atoms with E-state index in [0.717, 1.165) is 25.2 Å². The van der Waals surface area contributed by atoms with Gasteiger partial charge in [0.1, 0.15) is 0 Å². The number of nitrogens with zero attached hydrogens (tertiary/aromatic N) is 2. The lowest BCUT2D eigenvalue weighted by Crippen LogP contribution is -2.27. The van der Waals surface area contributed by atoms with Crippen molar-refractivity contribution in [1.82, 2.24) is 4.90 Å². The smallest absolute Gasteiger partial charge is 0.0633 e. The first-order valence-electron chi connectivity index (χ1n) is 7.19. The topological polar surface area (TPSA) is 32.5 Å². The molecule has 0 unspecified atom stereocenters. The molecule has 18 heavy (non-hydrogen) atoms. The lowest BCUT2D eigenvalue weighted by Gasteiger charge is -2.22. The van der Waals surface area contributed by atoms with Crippen LogP contribution < -0.4 is 10.6 Å². The van der Waals surface area contributed by atoms with Crippen molar-refractivity contribution in [3.63, 3.8) is 0 Å². The minimum absolute atomic E-state index is 0.950. The lowest BCUT2D eigenvalue weighted by molar-refractivity contribution is 0.335. The quantitative estimate of drug-likeness (QED) is 0.825. The van der Waals surface area contributed by atoms with Gasteiger partial charge in [0.15, 0.2) is 0 Å². The van der Waals surface area contributed by atoms with E-state index in [9.17, 15) is 0 Å². The number of anilines is 2. The van der Waals surface area contributed by atoms with E-state index in [0.29, 0.717) is 0 Å². The molecule has 2 aliphatic rings. The van der Waals surface area contributed by atoms with Gasteiger partial charge in [0.05, 0.1) is 11.4 Å². The van der Waals surface area contributed by atoms with Crippen molar-refractivity contribution in [2.45, 2.75) is 25.7 Å². The standard InChI is InChI=1S/C15H23N3/c16-14-6-3-5-13-7-12-18(15(13)14)11-4-10-17-8-1-2-9-17/h3,5-6H,1-2,4,7-12,16H2. The fourth-order valence-electron chi connectivity index (χ4n) is 3.28. The molecule has 1 fully saturated rings. The van der Waals surface area contributed by atoms with Gasteiger partial charge in [-0.1, -0.05) is 12.1 Å². The van der Waals surface area contributed by atoms with Crippen molar-refractivity contribution >= 4 is 11.4 Å². The molecule has 3 rings (SSSR count). The van der Waals surface area contributed by atoms with Crippen molar-refractivity contribution < 1.29 is 0 Å². The van der Waals surface area contributed by atoms with Crippen molar-refractivity contribution in [2.75, 3.05) is 43.4 Å². The van der Waals surface area contributed by atoms with Gasteiger partial charge in [-0.25, -0.2) is 0 Å². The molecule has 1 aromatic carbocycles. The predicted octanol–water partition coefficient (Wildman–Crippen LogP) is 2.12. The molecule has 2 N–H and O–H groups in total. The number of para-hydroxylation sites is 1. The van der Waals surface area contributed by atoms with Crippen molar-refractivity contribution in [2.24, 2.45) is 0 Å². The summed E-state index contributed by atoms with van der Waals surface area (Å²) in [5.74, 6) is 0. The molecule has 1 saturated heterocycles. The largest absolute Gasteiger partial charge is 0.397 e. The Kier molecular flexibility index (Phi) is 3.41. The Morgan fingerprint density at radius 3 is 2.72 bits per heavy atom. The summed E-state index contributed by atoms with van der Waals surface area (Å²) in [5.41, 5.74) is 9.79. The first-order valence-corrected chi connectivity index (χ1v) is 7.19. The second kappa shape index (κ2) is 5.19. The van der Waals surface area contributed by atoms with Gasteiger partial charge in [-0.05, 0) is 56.9 Å². The second-order valence-electron chi connectivity index (χ2n) is 5.49. The van der Waals surface area contributed by atoms with Gasteiger partial charge in [0.25, 0.3) is 0 Å². The summed E-state index contributed by atoms with van der Waals surface area (Å²) >= 11 is 0. The first-order chi connectivity index (χ1) is 8.84. The van der Waals surface area contributed by atoms with E-state index in [1.165, 1.54) is 50.1 Å². The molecule has 0 atom stereocenters. The van der Waals surface area contributed by atoms with Crippen LogP contribution in [0.5, 0.6) is 0 Å². The Bertz CT molecular complexity index is 410. The highest BCUT2D eigenvalue weighted by atomic mass is 15.2. The van der Waals surface area contributed by atoms with Gasteiger partial charge in [-0.2, -0.15) is 0 Å². The minimum Gasteiger partial charge on any atom is -0.397 e. The second-order valence-corrected chi connectivity index (χ2v) is 5.49. The molecule has 0 bridgehead atoms. The Labute approximate surface area is 110 Å². The number of hydrogen-bond donors (Lipinski definition) is 1. The molecule has 0 aliphatic carbocycles. The molecule has 0 aromatic heterocycles. The van der Waals surface area contributed by atoms with Crippen LogP contribution in [0.4, 0.5) is 11.4 Å². The number of likely N-dealkylation sites (tertiary alicyclic amines) is 1. The summed E-state index contributed by atoms with van der Waals surface area (Å²) in [5, 5.41) is 0. The van der Waals surface area contributed by atoms with Gasteiger partial charge < -0.3 is 15.5 Å². The number of rotatable bonds is 4. The average molecular weight is 245 g/mol. The molecule has 0 amide bonds. The normalized spacial score (nSPS) is 19.4. The van der Waals surface area contributed by atoms with E-state index in [-0.39, 0.29) is 0 Å². The summed E-state index contributed by atoms with van der Waals surface area (Å²) in [6, 6.07) is 6.31. The maximum Gasteiger partial charge on any atom is 0.0633 e. The molecule has 0 spiro atoms. The fraction of sp³-hybridized carbons (Fsp3) is 0.600. The van der Waals surface area contributed by atoms with Crippen LogP contribution in [0, 0.1) is 0 Å². The minimum atomic E-state index is 0.950. The van der Waals surface area contributed by atoms with Crippen LogP contribution in [-0.4, -0.2) is 37.6 Å². The number of hydrogen-bond acceptors (Lipinski definition) is 3. The van der Waals surface area contributed by atoms with Gasteiger partial charge in [0.2, 0.25) is 0 Å². The van der Waals surface area contributed by atoms with E-state index >= 15 is 0 Å². The average Bonchev–Trinajstić information content (AvgIpc) is 3.00. The SMILES string of the molecule is Nc1cccc2c1N(CCCN1CCCC1)CC2. The molecule has 0 radical (unpaired) electrons. The summed E-state index contributed by atoms with van der Waals surface area (Å²) in [4.78, 5) is 5.06. The molecule has 3 heteroatoms. The predicted molar refractivity (Wildman–Crippen MR) is 77.1 cm³/mol. The first kappa shape index (κ1) is 11.8. The number of nitrogens with two attached hydrogens (primary N) is 1. The van der Waals surface area contributed by atoms with Gasteiger partial charge in [0, 0.05) is 13.1 Å².